The van der Waals surface area contributed by atoms with Crippen molar-refractivity contribution in [2.75, 3.05) is 13.2 Å². The summed E-state index contributed by atoms with van der Waals surface area (Å²) in [4.78, 5) is 37.7. The Kier molecular flexibility index (Phi) is 45.1. The van der Waals surface area contributed by atoms with Crippen LogP contribution >= 0.6 is 0 Å². The molecule has 0 aromatic carbocycles. The summed E-state index contributed by atoms with van der Waals surface area (Å²) < 4.78 is 16.6. The van der Waals surface area contributed by atoms with Crippen LogP contribution in [-0.2, 0) is 28.6 Å². The molecule has 1 unspecified atom stereocenters. The minimum atomic E-state index is -0.835. The van der Waals surface area contributed by atoms with E-state index in [1.807, 2.05) is 18.2 Å². The molecule has 340 valence electrons. The van der Waals surface area contributed by atoms with Crippen LogP contribution in [0.5, 0.6) is 0 Å². The maximum Gasteiger partial charge on any atom is 0.306 e. The smallest absolute Gasteiger partial charge is 0.306 e. The third-order valence-corrected chi connectivity index (χ3v) is 9.85. The summed E-state index contributed by atoms with van der Waals surface area (Å²) in [5, 5.41) is 0. The van der Waals surface area contributed by atoms with Crippen LogP contribution in [0.15, 0.2) is 97.2 Å². The highest BCUT2D eigenvalue weighted by atomic mass is 16.6. The molecule has 0 aliphatic carbocycles. The molecule has 6 nitrogen and oxygen atoms in total. The van der Waals surface area contributed by atoms with Crippen molar-refractivity contribution in [2.45, 2.75) is 213 Å². The van der Waals surface area contributed by atoms with E-state index in [0.717, 1.165) is 70.6 Å². The second-order valence-corrected chi connectivity index (χ2v) is 15.6. The number of unbranched alkanes of at least 4 members (excludes halogenated alkanes) is 15. The summed E-state index contributed by atoms with van der Waals surface area (Å²) >= 11 is 0. The summed E-state index contributed by atoms with van der Waals surface area (Å²) in [5.74, 6) is -1.09. The van der Waals surface area contributed by atoms with Gasteiger partial charge in [0.2, 0.25) is 0 Å². The highest BCUT2D eigenvalue weighted by Crippen LogP contribution is 2.13. The fraction of sp³-hybridized carbons (Fsp3) is 0.648. The molecule has 6 heteroatoms. The number of hydrogen-bond donors (Lipinski definition) is 0. The van der Waals surface area contributed by atoms with Gasteiger partial charge in [0.1, 0.15) is 13.2 Å². The zero-order chi connectivity index (χ0) is 43.7. The summed E-state index contributed by atoms with van der Waals surface area (Å²) in [6.07, 6.45) is 62.7. The molecule has 0 aliphatic rings. The van der Waals surface area contributed by atoms with Crippen LogP contribution in [0.25, 0.3) is 0 Å². The molecule has 0 fully saturated rings. The quantitative estimate of drug-likeness (QED) is 0.0264. The number of esters is 3. The third-order valence-electron chi connectivity index (χ3n) is 9.85. The molecule has 60 heavy (non-hydrogen) atoms. The lowest BCUT2D eigenvalue weighted by Gasteiger charge is -2.18. The second-order valence-electron chi connectivity index (χ2n) is 15.6. The first-order chi connectivity index (χ1) is 29.5. The Bertz CT molecular complexity index is 1230. The SMILES string of the molecule is CC/C=C\C/C=C\C/C=C\C/C=C\C/C=C\C/C=C\CCC(=O)OCC(COC(=O)CCCCCCCCCCCC)OC(=O)CC/C=C\C/C=C\CCCCCCCC. The average molecular weight is 833 g/mol. The maximum atomic E-state index is 12.7. The van der Waals surface area contributed by atoms with Crippen molar-refractivity contribution < 1.29 is 28.6 Å². The average Bonchev–Trinajstić information content (AvgIpc) is 3.24. The highest BCUT2D eigenvalue weighted by molar-refractivity contribution is 5.71. The molecule has 0 bridgehead atoms. The Morgan fingerprint density at radius 1 is 0.350 bits per heavy atom. The van der Waals surface area contributed by atoms with Crippen LogP contribution in [-0.4, -0.2) is 37.2 Å². The van der Waals surface area contributed by atoms with E-state index in [9.17, 15) is 14.4 Å². The Labute approximate surface area is 368 Å². The van der Waals surface area contributed by atoms with Crippen LogP contribution in [0.4, 0.5) is 0 Å². The van der Waals surface area contributed by atoms with Gasteiger partial charge in [-0.1, -0.05) is 208 Å². The van der Waals surface area contributed by atoms with E-state index in [0.29, 0.717) is 19.3 Å². The molecule has 0 saturated heterocycles. The number of carbonyl (C=O) groups excluding carboxylic acids is 3. The molecule has 0 aromatic rings. The number of allylic oxidation sites excluding steroid dienone is 16. The Hall–Kier alpha value is -3.67. The third kappa shape index (κ3) is 45.4. The maximum absolute atomic E-state index is 12.7. The summed E-state index contributed by atoms with van der Waals surface area (Å²) in [7, 11) is 0. The standard InChI is InChI=1S/C54H88O6/c1-4-7-10-13-16-19-22-24-25-26-27-28-29-31-32-35-38-41-44-47-53(56)59-50-51(49-58-52(55)46-43-40-37-34-21-18-15-12-9-6-3)60-54(57)48-45-42-39-36-33-30-23-20-17-14-11-8-5-2/h7,10,16,19,24-25,27-28,30-33,38-39,41-42,51H,4-6,8-9,11-15,17-18,20-23,26,29,34-37,40,43-50H2,1-3H3/b10-7-,19-16-,25-24-,28-27-,32-31-,33-30-,41-38-,42-39-. The van der Waals surface area contributed by atoms with Gasteiger partial charge in [0.25, 0.3) is 0 Å². The number of hydrogen-bond acceptors (Lipinski definition) is 6. The zero-order valence-electron chi connectivity index (χ0n) is 38.7. The molecule has 0 aromatic heterocycles. The van der Waals surface area contributed by atoms with E-state index < -0.39 is 12.1 Å². The first-order valence-electron chi connectivity index (χ1n) is 24.2. The van der Waals surface area contributed by atoms with Gasteiger partial charge in [-0.25, -0.2) is 0 Å². The van der Waals surface area contributed by atoms with Gasteiger partial charge in [-0.15, -0.1) is 0 Å². The molecule has 0 N–H and O–H groups in total. The van der Waals surface area contributed by atoms with Crippen LogP contribution in [0, 0.1) is 0 Å². The first kappa shape index (κ1) is 56.3. The largest absolute Gasteiger partial charge is 0.462 e. The van der Waals surface area contributed by atoms with E-state index in [-0.39, 0.29) is 38.0 Å². The van der Waals surface area contributed by atoms with Crippen molar-refractivity contribution in [3.8, 4) is 0 Å². The summed E-state index contributed by atoms with van der Waals surface area (Å²) in [5.41, 5.74) is 0. The van der Waals surface area contributed by atoms with Crippen molar-refractivity contribution in [3.05, 3.63) is 97.2 Å². The number of ether oxygens (including phenoxy) is 3. The summed E-state index contributed by atoms with van der Waals surface area (Å²) in [6, 6.07) is 0. The van der Waals surface area contributed by atoms with E-state index in [1.54, 1.807) is 0 Å². The van der Waals surface area contributed by atoms with Crippen molar-refractivity contribution in [3.63, 3.8) is 0 Å². The van der Waals surface area contributed by atoms with E-state index in [2.05, 4.69) is 99.8 Å². The minimum Gasteiger partial charge on any atom is -0.462 e. The Balaban J connectivity index is 4.55. The Morgan fingerprint density at radius 3 is 1.12 bits per heavy atom. The monoisotopic (exact) mass is 833 g/mol. The lowest BCUT2D eigenvalue weighted by atomic mass is 10.1. The van der Waals surface area contributed by atoms with Crippen LogP contribution in [0.2, 0.25) is 0 Å². The predicted octanol–water partition coefficient (Wildman–Crippen LogP) is 15.8. The van der Waals surface area contributed by atoms with Crippen LogP contribution < -0.4 is 0 Å². The van der Waals surface area contributed by atoms with E-state index >= 15 is 0 Å². The van der Waals surface area contributed by atoms with Gasteiger partial charge in [-0.2, -0.15) is 0 Å². The van der Waals surface area contributed by atoms with Gasteiger partial charge in [0.05, 0.1) is 0 Å². The number of rotatable bonds is 42. The predicted molar refractivity (Wildman–Crippen MR) is 256 cm³/mol. The Morgan fingerprint density at radius 2 is 0.683 bits per heavy atom. The van der Waals surface area contributed by atoms with Crippen molar-refractivity contribution >= 4 is 17.9 Å². The molecule has 0 heterocycles. The van der Waals surface area contributed by atoms with Crippen LogP contribution in [0.3, 0.4) is 0 Å². The fourth-order valence-electron chi connectivity index (χ4n) is 6.23. The van der Waals surface area contributed by atoms with Gasteiger partial charge < -0.3 is 14.2 Å². The first-order valence-corrected chi connectivity index (χ1v) is 24.2. The highest BCUT2D eigenvalue weighted by Gasteiger charge is 2.19. The van der Waals surface area contributed by atoms with E-state index in [4.69, 9.17) is 14.2 Å². The number of carbonyl (C=O) groups is 3. The lowest BCUT2D eigenvalue weighted by Crippen LogP contribution is -2.30. The van der Waals surface area contributed by atoms with Gasteiger partial charge in [-0.3, -0.25) is 14.4 Å². The molecule has 0 rings (SSSR count). The van der Waals surface area contributed by atoms with Crippen molar-refractivity contribution in [2.24, 2.45) is 0 Å². The fourth-order valence-corrected chi connectivity index (χ4v) is 6.23. The molecule has 0 aliphatic heterocycles. The van der Waals surface area contributed by atoms with Crippen LogP contribution in [0.1, 0.15) is 207 Å². The van der Waals surface area contributed by atoms with Crippen molar-refractivity contribution in [1.82, 2.24) is 0 Å². The van der Waals surface area contributed by atoms with Gasteiger partial charge in [0, 0.05) is 19.3 Å². The van der Waals surface area contributed by atoms with Crippen molar-refractivity contribution in [1.29, 1.82) is 0 Å². The zero-order valence-corrected chi connectivity index (χ0v) is 38.7. The molecule has 0 amide bonds. The minimum absolute atomic E-state index is 0.123. The molecular weight excluding hydrogens is 745 g/mol. The molecule has 0 saturated carbocycles. The second kappa shape index (κ2) is 48.0. The molecule has 1 atom stereocenters. The lowest BCUT2D eigenvalue weighted by molar-refractivity contribution is -0.166. The topological polar surface area (TPSA) is 78.9 Å². The van der Waals surface area contributed by atoms with Gasteiger partial charge in [-0.05, 0) is 77.0 Å². The molecule has 0 spiro atoms. The molecular formula is C54H88O6. The van der Waals surface area contributed by atoms with E-state index in [1.165, 1.54) is 83.5 Å². The summed E-state index contributed by atoms with van der Waals surface area (Å²) in [6.45, 7) is 6.36. The van der Waals surface area contributed by atoms with Gasteiger partial charge in [0.15, 0.2) is 6.10 Å². The van der Waals surface area contributed by atoms with Gasteiger partial charge >= 0.3 is 17.9 Å². The molecule has 0 radical (unpaired) electrons. The normalized spacial score (nSPS) is 12.9.